The van der Waals surface area contributed by atoms with Crippen LogP contribution in [-0.4, -0.2) is 23.2 Å². The molecule has 3 rings (SSSR count). The van der Waals surface area contributed by atoms with Crippen LogP contribution in [0, 0.1) is 6.92 Å². The van der Waals surface area contributed by atoms with E-state index in [9.17, 15) is 4.39 Å². The fourth-order valence-electron chi connectivity index (χ4n) is 2.49. The van der Waals surface area contributed by atoms with Crippen molar-refractivity contribution in [2.24, 2.45) is 0 Å². The first-order valence-electron chi connectivity index (χ1n) is 6.10. The van der Waals surface area contributed by atoms with Gasteiger partial charge in [-0.1, -0.05) is 6.08 Å². The topological polar surface area (TPSA) is 35.0 Å². The molecule has 1 aliphatic rings. The molecule has 2 aromatic rings. The van der Waals surface area contributed by atoms with Gasteiger partial charge in [0.15, 0.2) is 0 Å². The number of hydrogen-bond donors (Lipinski definition) is 0. The first-order valence-corrected chi connectivity index (χ1v) is 7.29. The van der Waals surface area contributed by atoms with Crippen molar-refractivity contribution < 1.29 is 9.13 Å². The number of fused-ring (bicyclic) bond motifs is 1. The Hall–Kier alpha value is -1.30. The number of allylic oxidation sites excluding steroid dienone is 2. The predicted octanol–water partition coefficient (Wildman–Crippen LogP) is 4.17. The highest BCUT2D eigenvalue weighted by Gasteiger charge is 2.27. The maximum atomic E-state index is 13.4. The van der Waals surface area contributed by atoms with Crippen molar-refractivity contribution in [1.82, 2.24) is 9.97 Å². The van der Waals surface area contributed by atoms with Crippen molar-refractivity contribution in [3.05, 3.63) is 46.0 Å². The van der Waals surface area contributed by atoms with E-state index in [1.807, 2.05) is 13.0 Å². The van der Waals surface area contributed by atoms with Gasteiger partial charge in [0.1, 0.15) is 5.83 Å². The van der Waals surface area contributed by atoms with Crippen LogP contribution in [0.3, 0.4) is 0 Å². The Morgan fingerprint density at radius 3 is 3.00 bits per heavy atom. The predicted molar refractivity (Wildman–Crippen MR) is 79.0 cm³/mol. The second kappa shape index (κ2) is 5.24. The Bertz CT molecular complexity index is 725. The Morgan fingerprint density at radius 1 is 1.45 bits per heavy atom. The minimum atomic E-state index is -0.342. The van der Waals surface area contributed by atoms with Crippen LogP contribution in [0.5, 0.6) is 0 Å². The number of aryl methyl sites for hydroxylation is 1. The van der Waals surface area contributed by atoms with Crippen LogP contribution >= 0.6 is 22.9 Å². The van der Waals surface area contributed by atoms with Gasteiger partial charge in [0.2, 0.25) is 5.28 Å². The summed E-state index contributed by atoms with van der Waals surface area (Å²) < 4.78 is 19.7. The molecule has 20 heavy (non-hydrogen) atoms. The fourth-order valence-corrected chi connectivity index (χ4v) is 3.66. The van der Waals surface area contributed by atoms with Crippen molar-refractivity contribution in [3.8, 4) is 0 Å². The first-order chi connectivity index (χ1) is 9.60. The lowest BCUT2D eigenvalue weighted by Gasteiger charge is -2.23. The Morgan fingerprint density at radius 2 is 2.25 bits per heavy atom. The zero-order valence-corrected chi connectivity index (χ0v) is 12.5. The zero-order chi connectivity index (χ0) is 14.3. The van der Waals surface area contributed by atoms with Gasteiger partial charge >= 0.3 is 0 Å². The molecule has 0 N–H and O–H groups in total. The molecule has 2 atom stereocenters. The molecule has 0 fully saturated rings. The van der Waals surface area contributed by atoms with Crippen LogP contribution < -0.4 is 0 Å². The lowest BCUT2D eigenvalue weighted by Crippen LogP contribution is -2.20. The molecule has 0 amide bonds. The number of rotatable bonds is 2. The molecule has 0 saturated heterocycles. The summed E-state index contributed by atoms with van der Waals surface area (Å²) in [4.78, 5) is 9.44. The number of nitrogens with zero attached hydrogens (tertiary/aromatic N) is 2. The normalized spacial score (nSPS) is 22.3. The van der Waals surface area contributed by atoms with E-state index in [2.05, 4.69) is 9.97 Å². The summed E-state index contributed by atoms with van der Waals surface area (Å²) in [6, 6.07) is 0. The Balaban J connectivity index is 2.16. The Kier molecular flexibility index (Phi) is 3.58. The maximum absolute atomic E-state index is 13.4. The van der Waals surface area contributed by atoms with Crippen molar-refractivity contribution in [2.45, 2.75) is 18.9 Å². The number of aromatic nitrogens is 2. The van der Waals surface area contributed by atoms with Gasteiger partial charge < -0.3 is 4.74 Å². The maximum Gasteiger partial charge on any atom is 0.222 e. The van der Waals surface area contributed by atoms with Crippen LogP contribution in [0.15, 0.2) is 30.3 Å². The van der Waals surface area contributed by atoms with Crippen LogP contribution in [0.4, 0.5) is 4.39 Å². The lowest BCUT2D eigenvalue weighted by molar-refractivity contribution is 0.126. The van der Waals surface area contributed by atoms with Crippen molar-refractivity contribution in [2.75, 3.05) is 7.11 Å². The van der Waals surface area contributed by atoms with Crippen LogP contribution in [-0.2, 0) is 4.74 Å². The molecule has 1 aliphatic carbocycles. The lowest BCUT2D eigenvalue weighted by atomic mass is 9.89. The largest absolute Gasteiger partial charge is 0.376 e. The highest BCUT2D eigenvalue weighted by atomic mass is 35.5. The molecule has 0 radical (unpaired) electrons. The van der Waals surface area contributed by atoms with Crippen molar-refractivity contribution in [3.63, 3.8) is 0 Å². The number of methoxy groups -OCH3 is 1. The second-order valence-corrected chi connectivity index (χ2v) is 6.15. The summed E-state index contributed by atoms with van der Waals surface area (Å²) in [5, 5.41) is 0.215. The average Bonchev–Trinajstić information content (AvgIpc) is 2.74. The zero-order valence-electron chi connectivity index (χ0n) is 10.9. The van der Waals surface area contributed by atoms with E-state index < -0.39 is 0 Å². The SMILES string of the molecule is COC1C=C(F)C=CC1c1c(C)sc2cnc(Cl)nc12. The quantitative estimate of drug-likeness (QED) is 0.781. The molecule has 104 valence electrons. The number of hydrogen-bond acceptors (Lipinski definition) is 4. The summed E-state index contributed by atoms with van der Waals surface area (Å²) in [5.41, 5.74) is 1.85. The summed E-state index contributed by atoms with van der Waals surface area (Å²) >= 11 is 7.50. The number of halogens is 2. The molecule has 0 aromatic carbocycles. The average molecular weight is 311 g/mol. The van der Waals surface area contributed by atoms with Gasteiger partial charge in [-0.2, -0.15) is 0 Å². The minimum absolute atomic E-state index is 0.0702. The van der Waals surface area contributed by atoms with Gasteiger partial charge in [0, 0.05) is 29.7 Å². The second-order valence-electron chi connectivity index (χ2n) is 4.56. The third-order valence-corrected chi connectivity index (χ3v) is 4.60. The van der Waals surface area contributed by atoms with Gasteiger partial charge in [-0.15, -0.1) is 11.3 Å². The molecule has 3 nitrogen and oxygen atoms in total. The van der Waals surface area contributed by atoms with E-state index in [1.54, 1.807) is 24.6 Å². The van der Waals surface area contributed by atoms with Crippen molar-refractivity contribution >= 4 is 33.2 Å². The molecule has 6 heteroatoms. The smallest absolute Gasteiger partial charge is 0.222 e. The molecule has 2 unspecified atom stereocenters. The molecule has 0 spiro atoms. The molecular weight excluding hydrogens is 299 g/mol. The van der Waals surface area contributed by atoms with E-state index in [0.29, 0.717) is 0 Å². The van der Waals surface area contributed by atoms with Gasteiger partial charge in [-0.3, -0.25) is 0 Å². The fraction of sp³-hybridized carbons (Fsp3) is 0.286. The van der Waals surface area contributed by atoms with Gasteiger partial charge in [0.05, 0.1) is 16.3 Å². The third-order valence-electron chi connectivity index (χ3n) is 3.37. The molecule has 2 aromatic heterocycles. The van der Waals surface area contributed by atoms with Crippen LogP contribution in [0.1, 0.15) is 16.4 Å². The Labute approximate surface area is 124 Å². The summed E-state index contributed by atoms with van der Waals surface area (Å²) in [6.07, 6.45) is 6.14. The van der Waals surface area contributed by atoms with E-state index in [-0.39, 0.29) is 23.1 Å². The molecule has 0 saturated carbocycles. The van der Waals surface area contributed by atoms with Gasteiger partial charge in [0.25, 0.3) is 0 Å². The van der Waals surface area contributed by atoms with Gasteiger partial charge in [-0.25, -0.2) is 14.4 Å². The first kappa shape index (κ1) is 13.7. The van der Waals surface area contributed by atoms with Crippen molar-refractivity contribution in [1.29, 1.82) is 0 Å². The van der Waals surface area contributed by atoms with Gasteiger partial charge in [-0.05, 0) is 30.7 Å². The standard InChI is InChI=1S/C14H12ClFN2OS/c1-7-12(9-4-3-8(16)5-10(9)19-2)13-11(20-7)6-17-14(15)18-13/h3-6,9-10H,1-2H3. The minimum Gasteiger partial charge on any atom is -0.376 e. The number of ether oxygens (including phenoxy) is 1. The highest BCUT2D eigenvalue weighted by Crippen LogP contribution is 2.39. The van der Waals surface area contributed by atoms with Crippen LogP contribution in [0.25, 0.3) is 10.2 Å². The van der Waals surface area contributed by atoms with Crippen LogP contribution in [0.2, 0.25) is 5.28 Å². The third kappa shape index (κ3) is 2.26. The summed E-state index contributed by atoms with van der Waals surface area (Å²) in [6.45, 7) is 2.02. The summed E-state index contributed by atoms with van der Waals surface area (Å²) in [5.74, 6) is -0.350. The molecule has 0 bridgehead atoms. The van der Waals surface area contributed by atoms with E-state index in [0.717, 1.165) is 20.7 Å². The summed E-state index contributed by atoms with van der Waals surface area (Å²) in [7, 11) is 1.58. The molecule has 0 aliphatic heterocycles. The monoisotopic (exact) mass is 310 g/mol. The molecular formula is C14H12ClFN2OS. The highest BCUT2D eigenvalue weighted by molar-refractivity contribution is 7.19. The number of thiophene rings is 1. The van der Waals surface area contributed by atoms with E-state index in [1.165, 1.54) is 12.2 Å². The van der Waals surface area contributed by atoms with E-state index in [4.69, 9.17) is 16.3 Å². The van der Waals surface area contributed by atoms with E-state index >= 15 is 0 Å². The molecule has 2 heterocycles.